The zero-order valence-corrected chi connectivity index (χ0v) is 22.7. The van der Waals surface area contributed by atoms with Crippen molar-refractivity contribution in [1.82, 2.24) is 4.57 Å². The molecule has 0 spiro atoms. The molecule has 5 nitrogen and oxygen atoms in total. The topological polar surface area (TPSA) is 69.3 Å². The lowest BCUT2D eigenvalue weighted by atomic mass is 10.0. The van der Waals surface area contributed by atoms with Gasteiger partial charge in [0.15, 0.2) is 15.6 Å². The van der Waals surface area contributed by atoms with E-state index in [4.69, 9.17) is 16.0 Å². The molecule has 0 amide bonds. The second-order valence-electron chi connectivity index (χ2n) is 9.21. The van der Waals surface area contributed by atoms with Crippen LogP contribution in [0.15, 0.2) is 87.1 Å². The Morgan fingerprint density at radius 2 is 1.71 bits per heavy atom. The third-order valence-electron chi connectivity index (χ3n) is 6.59. The van der Waals surface area contributed by atoms with Gasteiger partial charge in [0.05, 0.1) is 45.1 Å². The molecule has 0 atom stereocenters. The van der Waals surface area contributed by atoms with Crippen LogP contribution < -0.4 is 5.56 Å². The van der Waals surface area contributed by atoms with Crippen LogP contribution >= 0.6 is 11.6 Å². The molecule has 0 radical (unpaired) electrons. The first-order valence-corrected chi connectivity index (χ1v) is 14.1. The van der Waals surface area contributed by atoms with Gasteiger partial charge >= 0.3 is 6.18 Å². The minimum Gasteiger partial charge on any atom is -0.462 e. The van der Waals surface area contributed by atoms with Crippen molar-refractivity contribution in [3.63, 3.8) is 0 Å². The molecule has 212 valence electrons. The SMILES string of the molecule is CCS(=O)(=O)c1cc(-c2coc(-c3cc4cccc(Cl)c4c(=O)n3Cc3ccc(F)cc3F)c2)cc(C(F)(F)F)c1. The van der Waals surface area contributed by atoms with Crippen LogP contribution in [-0.4, -0.2) is 18.7 Å². The van der Waals surface area contributed by atoms with E-state index < -0.39 is 49.4 Å². The zero-order valence-electron chi connectivity index (χ0n) is 21.1. The van der Waals surface area contributed by atoms with Gasteiger partial charge < -0.3 is 8.98 Å². The van der Waals surface area contributed by atoms with E-state index in [0.717, 1.165) is 29.0 Å². The average Bonchev–Trinajstić information content (AvgIpc) is 3.41. The Bertz CT molecular complexity index is 1980. The van der Waals surface area contributed by atoms with Gasteiger partial charge in [-0.2, -0.15) is 13.2 Å². The Morgan fingerprint density at radius 3 is 2.39 bits per heavy atom. The van der Waals surface area contributed by atoms with Crippen LogP contribution in [0.3, 0.4) is 0 Å². The van der Waals surface area contributed by atoms with E-state index in [2.05, 4.69) is 0 Å². The predicted octanol–water partition coefficient (Wildman–Crippen LogP) is 7.72. The summed E-state index contributed by atoms with van der Waals surface area (Å²) < 4.78 is 101. The number of sulfone groups is 1. The molecule has 5 aromatic rings. The monoisotopic (exact) mass is 607 g/mol. The number of aromatic nitrogens is 1. The maximum absolute atomic E-state index is 14.6. The Labute approximate surface area is 235 Å². The summed E-state index contributed by atoms with van der Waals surface area (Å²) >= 11 is 6.29. The van der Waals surface area contributed by atoms with Crippen LogP contribution in [0.25, 0.3) is 33.4 Å². The van der Waals surface area contributed by atoms with Crippen LogP contribution in [0.1, 0.15) is 18.1 Å². The smallest absolute Gasteiger partial charge is 0.416 e. The number of hydrogen-bond acceptors (Lipinski definition) is 4. The largest absolute Gasteiger partial charge is 0.462 e. The fourth-order valence-electron chi connectivity index (χ4n) is 4.44. The molecule has 41 heavy (non-hydrogen) atoms. The molecule has 0 saturated heterocycles. The maximum atomic E-state index is 14.6. The van der Waals surface area contributed by atoms with Crippen LogP contribution in [-0.2, 0) is 22.6 Å². The quantitative estimate of drug-likeness (QED) is 0.185. The van der Waals surface area contributed by atoms with Gasteiger partial charge in [-0.1, -0.05) is 36.7 Å². The van der Waals surface area contributed by atoms with E-state index in [-0.39, 0.29) is 45.1 Å². The molecule has 0 aliphatic rings. The second-order valence-corrected chi connectivity index (χ2v) is 11.9. The average molecular weight is 608 g/mol. The molecule has 0 bridgehead atoms. The number of rotatable bonds is 6. The molecule has 5 rings (SSSR count). The third-order valence-corrected chi connectivity index (χ3v) is 8.62. The van der Waals surface area contributed by atoms with Crippen molar-refractivity contribution in [2.75, 3.05) is 5.75 Å². The van der Waals surface area contributed by atoms with Crippen molar-refractivity contribution in [2.45, 2.75) is 24.5 Å². The predicted molar refractivity (Wildman–Crippen MR) is 145 cm³/mol. The minimum absolute atomic E-state index is 0.0137. The molecule has 0 saturated carbocycles. The Kier molecular flexibility index (Phi) is 7.29. The van der Waals surface area contributed by atoms with E-state index in [1.807, 2.05) is 0 Å². The zero-order chi connectivity index (χ0) is 29.7. The number of furan rings is 1. The number of hydrogen-bond donors (Lipinski definition) is 0. The summed E-state index contributed by atoms with van der Waals surface area (Å²) in [6.07, 6.45) is -3.69. The Balaban J connectivity index is 1.71. The second kappa shape index (κ2) is 10.5. The summed E-state index contributed by atoms with van der Waals surface area (Å²) in [6.45, 7) is 0.973. The standard InChI is InChI=1S/C29H19ClF5NO4S/c1-2-41(38,39)22-9-18(8-20(12-22)29(33,34)35)19-11-26(40-15-19)25-10-16-4-3-5-23(30)27(16)28(37)36(25)14-17-6-7-21(31)13-24(17)32/h3-13,15H,2,14H2,1H3. The highest BCUT2D eigenvalue weighted by Crippen LogP contribution is 2.37. The Hall–Kier alpha value is -3.96. The molecular weight excluding hydrogens is 589 g/mol. The summed E-state index contributed by atoms with van der Waals surface area (Å²) in [6, 6.07) is 13.0. The highest BCUT2D eigenvalue weighted by molar-refractivity contribution is 7.91. The fraction of sp³-hybridized carbons (Fsp3) is 0.138. The molecule has 2 aromatic heterocycles. The lowest BCUT2D eigenvalue weighted by Gasteiger charge is -2.14. The fourth-order valence-corrected chi connectivity index (χ4v) is 5.64. The number of alkyl halides is 3. The maximum Gasteiger partial charge on any atom is 0.416 e. The van der Waals surface area contributed by atoms with Gasteiger partial charge in [0.2, 0.25) is 0 Å². The first-order chi connectivity index (χ1) is 19.3. The van der Waals surface area contributed by atoms with Gasteiger partial charge in [-0.25, -0.2) is 17.2 Å². The summed E-state index contributed by atoms with van der Waals surface area (Å²) in [4.78, 5) is 13.1. The molecule has 3 aromatic carbocycles. The number of pyridine rings is 1. The van der Waals surface area contributed by atoms with Crippen LogP contribution in [0, 0.1) is 11.6 Å². The van der Waals surface area contributed by atoms with Gasteiger partial charge in [-0.15, -0.1) is 0 Å². The van der Waals surface area contributed by atoms with Gasteiger partial charge in [0, 0.05) is 17.2 Å². The number of nitrogens with zero attached hydrogens (tertiary/aromatic N) is 1. The molecule has 12 heteroatoms. The van der Waals surface area contributed by atoms with Gasteiger partial charge in [0.1, 0.15) is 11.6 Å². The summed E-state index contributed by atoms with van der Waals surface area (Å²) in [7, 11) is -3.99. The lowest BCUT2D eigenvalue weighted by molar-refractivity contribution is -0.137. The third kappa shape index (κ3) is 5.51. The van der Waals surface area contributed by atoms with Crippen molar-refractivity contribution in [3.05, 3.63) is 111 Å². The van der Waals surface area contributed by atoms with E-state index >= 15 is 0 Å². The molecule has 0 unspecified atom stereocenters. The first-order valence-electron chi connectivity index (χ1n) is 12.1. The lowest BCUT2D eigenvalue weighted by Crippen LogP contribution is -2.23. The highest BCUT2D eigenvalue weighted by Gasteiger charge is 2.33. The van der Waals surface area contributed by atoms with E-state index in [1.165, 1.54) is 25.1 Å². The van der Waals surface area contributed by atoms with Crippen LogP contribution in [0.2, 0.25) is 5.02 Å². The number of fused-ring (bicyclic) bond motifs is 1. The Morgan fingerprint density at radius 1 is 0.951 bits per heavy atom. The summed E-state index contributed by atoms with van der Waals surface area (Å²) in [5, 5.41) is 0.697. The van der Waals surface area contributed by atoms with E-state index in [9.17, 15) is 35.2 Å². The number of benzene rings is 3. The molecule has 2 heterocycles. The van der Waals surface area contributed by atoms with Crippen LogP contribution in [0.4, 0.5) is 22.0 Å². The van der Waals surface area contributed by atoms with Gasteiger partial charge in [0.25, 0.3) is 5.56 Å². The van der Waals surface area contributed by atoms with Crippen molar-refractivity contribution in [2.24, 2.45) is 0 Å². The van der Waals surface area contributed by atoms with Crippen molar-refractivity contribution < 1.29 is 34.8 Å². The molecule has 0 fully saturated rings. The van der Waals surface area contributed by atoms with Gasteiger partial charge in [-0.3, -0.25) is 4.79 Å². The first kappa shape index (κ1) is 28.6. The van der Waals surface area contributed by atoms with E-state index in [1.54, 1.807) is 18.2 Å². The normalized spacial score (nSPS) is 12.3. The molecular formula is C29H19ClF5NO4S. The van der Waals surface area contributed by atoms with Gasteiger partial charge in [-0.05, 0) is 53.4 Å². The molecule has 0 N–H and O–H groups in total. The van der Waals surface area contributed by atoms with Crippen LogP contribution in [0.5, 0.6) is 0 Å². The summed E-state index contributed by atoms with van der Waals surface area (Å²) in [5.41, 5.74) is -1.62. The van der Waals surface area contributed by atoms with E-state index in [0.29, 0.717) is 17.5 Å². The van der Waals surface area contributed by atoms with Crippen molar-refractivity contribution in [3.8, 4) is 22.6 Å². The summed E-state index contributed by atoms with van der Waals surface area (Å²) in [5.74, 6) is -2.08. The van der Waals surface area contributed by atoms with Crippen molar-refractivity contribution >= 4 is 32.2 Å². The number of halogens is 6. The minimum atomic E-state index is -4.82. The van der Waals surface area contributed by atoms with Crippen molar-refractivity contribution in [1.29, 1.82) is 0 Å². The molecule has 0 aliphatic carbocycles. The highest BCUT2D eigenvalue weighted by atomic mass is 35.5. The molecule has 0 aliphatic heterocycles.